The van der Waals surface area contributed by atoms with Gasteiger partial charge in [0.2, 0.25) is 0 Å². The van der Waals surface area contributed by atoms with Gasteiger partial charge in [0.25, 0.3) is 0 Å². The Morgan fingerprint density at radius 1 is 0.185 bits per heavy atom. The first kappa shape index (κ1) is 29.5. The van der Waals surface area contributed by atoms with Crippen molar-refractivity contribution in [2.45, 2.75) is 0 Å². The van der Waals surface area contributed by atoms with Crippen LogP contribution in [0.25, 0.3) is 120 Å². The van der Waals surface area contributed by atoms with Crippen molar-refractivity contribution in [3.63, 3.8) is 0 Å². The van der Waals surface area contributed by atoms with E-state index in [0.717, 1.165) is 0 Å². The van der Waals surface area contributed by atoms with Crippen LogP contribution in [0, 0.1) is 0 Å². The molecule has 248 valence electrons. The predicted octanol–water partition coefficient (Wildman–Crippen LogP) is 15.3. The van der Waals surface area contributed by atoms with Gasteiger partial charge in [-0.1, -0.05) is 176 Å². The first-order valence-electron chi connectivity index (χ1n) is 18.8. The van der Waals surface area contributed by atoms with Gasteiger partial charge in [0.1, 0.15) is 0 Å². The zero-order chi connectivity index (χ0) is 35.3. The molecule has 0 saturated heterocycles. The molecule has 0 heteroatoms. The van der Waals surface area contributed by atoms with E-state index in [1.807, 2.05) is 0 Å². The zero-order valence-electron chi connectivity index (χ0n) is 29.5. The Kier molecular flexibility index (Phi) is 6.15. The molecule has 1 aliphatic carbocycles. The first-order valence-corrected chi connectivity index (χ1v) is 18.8. The Balaban J connectivity index is 0.973. The molecule has 1 aliphatic rings. The van der Waals surface area contributed by atoms with E-state index in [9.17, 15) is 0 Å². The van der Waals surface area contributed by atoms with Crippen molar-refractivity contribution in [3.05, 3.63) is 194 Å². The van der Waals surface area contributed by atoms with Crippen molar-refractivity contribution in [1.82, 2.24) is 0 Å². The highest BCUT2D eigenvalue weighted by Crippen LogP contribution is 2.49. The molecule has 0 spiro atoms. The Labute approximate surface area is 313 Å². The van der Waals surface area contributed by atoms with E-state index < -0.39 is 0 Å². The highest BCUT2D eigenvalue weighted by Gasteiger charge is 2.22. The van der Waals surface area contributed by atoms with E-state index in [0.29, 0.717) is 0 Å². The summed E-state index contributed by atoms with van der Waals surface area (Å²) in [4.78, 5) is 0. The van der Waals surface area contributed by atoms with E-state index in [2.05, 4.69) is 194 Å². The number of rotatable bonds is 3. The average Bonchev–Trinajstić information content (AvgIpc) is 3.58. The molecule has 0 heterocycles. The molecule has 0 saturated carbocycles. The second-order valence-corrected chi connectivity index (χ2v) is 14.8. The molecule has 54 heavy (non-hydrogen) atoms. The van der Waals surface area contributed by atoms with Gasteiger partial charge in [0.05, 0.1) is 0 Å². The minimum Gasteiger partial charge on any atom is -0.0616 e. The van der Waals surface area contributed by atoms with E-state index in [1.165, 1.54) is 120 Å². The van der Waals surface area contributed by atoms with Gasteiger partial charge in [-0.2, -0.15) is 0 Å². The molecule has 0 unspecified atom stereocenters. The SMILES string of the molecule is c1ccc2c(c1)-c1cccc3c(-c4ccc(-c5ccc6ccc(-c7cc8c9ccccc9c9ccccc9c8c8ccccc78)cc6c5)cc4)ccc-2c13. The van der Waals surface area contributed by atoms with Crippen molar-refractivity contribution < 1.29 is 0 Å². The highest BCUT2D eigenvalue weighted by molar-refractivity contribution is 6.33. The quantitative estimate of drug-likeness (QED) is 0.163. The molecule has 0 nitrogen and oxygen atoms in total. The van der Waals surface area contributed by atoms with Crippen LogP contribution < -0.4 is 0 Å². The predicted molar refractivity (Wildman–Crippen MR) is 232 cm³/mol. The van der Waals surface area contributed by atoms with Gasteiger partial charge >= 0.3 is 0 Å². The summed E-state index contributed by atoms with van der Waals surface area (Å²) in [5.74, 6) is 0. The van der Waals surface area contributed by atoms with Crippen LogP contribution in [-0.2, 0) is 0 Å². The third kappa shape index (κ3) is 4.20. The van der Waals surface area contributed by atoms with Crippen LogP contribution in [0.4, 0.5) is 0 Å². The van der Waals surface area contributed by atoms with Crippen LogP contribution in [0.1, 0.15) is 0 Å². The summed E-state index contributed by atoms with van der Waals surface area (Å²) in [5, 5.41) is 15.6. The lowest BCUT2D eigenvalue weighted by Crippen LogP contribution is -1.89. The molecule has 0 radical (unpaired) electrons. The molecule has 11 aromatic carbocycles. The van der Waals surface area contributed by atoms with Gasteiger partial charge in [0.15, 0.2) is 0 Å². The standard InChI is InChI=1S/C54H32/c1-4-14-44-40(10-1)41-11-5-7-16-47(41)54-48-17-8-6-15-45(48)51(32-52(44)54)37-27-23-34-22-26-36(30-38(34)31-37)33-20-24-35(25-21-33)39-28-29-50-43-13-3-2-12-42(43)49-19-9-18-46(39)53(49)50/h1-32H. The second kappa shape index (κ2) is 11.2. The summed E-state index contributed by atoms with van der Waals surface area (Å²) in [7, 11) is 0. The molecular weight excluding hydrogens is 649 g/mol. The lowest BCUT2D eigenvalue weighted by atomic mass is 9.87. The average molecular weight is 681 g/mol. The lowest BCUT2D eigenvalue weighted by Gasteiger charge is -2.16. The van der Waals surface area contributed by atoms with Crippen LogP contribution in [0.5, 0.6) is 0 Å². The van der Waals surface area contributed by atoms with Crippen molar-refractivity contribution in [3.8, 4) is 55.6 Å². The highest BCUT2D eigenvalue weighted by atomic mass is 14.3. The number of hydrogen-bond acceptors (Lipinski definition) is 0. The molecule has 11 aromatic rings. The first-order chi connectivity index (χ1) is 26.8. The van der Waals surface area contributed by atoms with Crippen LogP contribution in [-0.4, -0.2) is 0 Å². The molecule has 0 aliphatic heterocycles. The minimum absolute atomic E-state index is 1.22. The lowest BCUT2D eigenvalue weighted by molar-refractivity contribution is 1.62. The maximum Gasteiger partial charge on any atom is -0.00199 e. The van der Waals surface area contributed by atoms with Crippen molar-refractivity contribution in [1.29, 1.82) is 0 Å². The third-order valence-electron chi connectivity index (χ3n) is 12.0. The second-order valence-electron chi connectivity index (χ2n) is 14.8. The Bertz CT molecular complexity index is 3330. The summed E-state index contributed by atoms with van der Waals surface area (Å²) in [6.45, 7) is 0. The molecule has 0 aromatic heterocycles. The van der Waals surface area contributed by atoms with Gasteiger partial charge in [-0.15, -0.1) is 0 Å². The third-order valence-corrected chi connectivity index (χ3v) is 12.0. The van der Waals surface area contributed by atoms with Gasteiger partial charge in [-0.25, -0.2) is 0 Å². The Morgan fingerprint density at radius 2 is 0.667 bits per heavy atom. The van der Waals surface area contributed by atoms with E-state index in [-0.39, 0.29) is 0 Å². The van der Waals surface area contributed by atoms with Crippen molar-refractivity contribution >= 4 is 64.6 Å². The summed E-state index contributed by atoms with van der Waals surface area (Å²) in [6.07, 6.45) is 0. The molecule has 0 fully saturated rings. The number of benzene rings is 11. The molecular formula is C54H32. The molecule has 12 rings (SSSR count). The molecule has 0 atom stereocenters. The Hall–Kier alpha value is -7.02. The summed E-state index contributed by atoms with van der Waals surface area (Å²) in [5.41, 5.74) is 12.8. The van der Waals surface area contributed by atoms with Crippen molar-refractivity contribution in [2.24, 2.45) is 0 Å². The maximum atomic E-state index is 2.44. The smallest absolute Gasteiger partial charge is 0.00199 e. The van der Waals surface area contributed by atoms with Crippen LogP contribution >= 0.6 is 0 Å². The number of hydrogen-bond donors (Lipinski definition) is 0. The summed E-state index contributed by atoms with van der Waals surface area (Å²) >= 11 is 0. The molecule has 0 bridgehead atoms. The fraction of sp³-hybridized carbons (Fsp3) is 0. The monoisotopic (exact) mass is 680 g/mol. The minimum atomic E-state index is 1.22. The fourth-order valence-electron chi connectivity index (χ4n) is 9.50. The topological polar surface area (TPSA) is 0 Å². The van der Waals surface area contributed by atoms with Crippen LogP contribution in [0.3, 0.4) is 0 Å². The molecule has 0 N–H and O–H groups in total. The van der Waals surface area contributed by atoms with E-state index in [4.69, 9.17) is 0 Å². The summed E-state index contributed by atoms with van der Waals surface area (Å²) < 4.78 is 0. The van der Waals surface area contributed by atoms with Crippen molar-refractivity contribution in [2.75, 3.05) is 0 Å². The van der Waals surface area contributed by atoms with E-state index in [1.54, 1.807) is 0 Å². The zero-order valence-corrected chi connectivity index (χ0v) is 29.5. The normalized spacial score (nSPS) is 12.1. The largest absolute Gasteiger partial charge is 0.0616 e. The van der Waals surface area contributed by atoms with Gasteiger partial charge in [0, 0.05) is 0 Å². The van der Waals surface area contributed by atoms with Gasteiger partial charge in [-0.3, -0.25) is 0 Å². The summed E-state index contributed by atoms with van der Waals surface area (Å²) in [6, 6.07) is 72.3. The fourth-order valence-corrected chi connectivity index (χ4v) is 9.50. The van der Waals surface area contributed by atoms with Crippen LogP contribution in [0.2, 0.25) is 0 Å². The Morgan fingerprint density at radius 3 is 1.41 bits per heavy atom. The molecule has 0 amide bonds. The van der Waals surface area contributed by atoms with Gasteiger partial charge < -0.3 is 0 Å². The van der Waals surface area contributed by atoms with E-state index >= 15 is 0 Å². The maximum absolute atomic E-state index is 2.44. The van der Waals surface area contributed by atoms with Gasteiger partial charge in [-0.05, 0) is 138 Å². The van der Waals surface area contributed by atoms with Crippen LogP contribution in [0.15, 0.2) is 194 Å². The number of fused-ring (bicyclic) bond motifs is 12.